The summed E-state index contributed by atoms with van der Waals surface area (Å²) in [5.74, 6) is 0.763. The first kappa shape index (κ1) is 26.6. The number of benzene rings is 2. The Hall–Kier alpha value is -2.29. The molecule has 2 aromatic carbocycles. The number of fused-ring (bicyclic) bond motifs is 5. The van der Waals surface area contributed by atoms with Crippen LogP contribution in [0.25, 0.3) is 0 Å². The van der Waals surface area contributed by atoms with Crippen LogP contribution in [0.4, 0.5) is 5.69 Å². The number of nitrogens with zero attached hydrogens (tertiary/aromatic N) is 1. The normalized spacial score (nSPS) is 34.7. The molecule has 1 spiro atoms. The number of carbonyl (C=O) groups excluding carboxylic acids is 1. The van der Waals surface area contributed by atoms with Gasteiger partial charge in [0.2, 0.25) is 10.0 Å². The van der Waals surface area contributed by atoms with Crippen LogP contribution >= 0.6 is 11.6 Å². The number of amides is 1. The van der Waals surface area contributed by atoms with Gasteiger partial charge < -0.3 is 14.7 Å². The number of carbonyl (C=O) groups is 1. The third-order valence-corrected chi connectivity index (χ3v) is 12.4. The van der Waals surface area contributed by atoms with Crippen LogP contribution in [0.3, 0.4) is 0 Å². The molecule has 2 aliphatic heterocycles. The molecule has 2 aromatic rings. The van der Waals surface area contributed by atoms with Crippen molar-refractivity contribution < 1.29 is 23.1 Å². The van der Waals surface area contributed by atoms with Crippen molar-refractivity contribution in [3.63, 3.8) is 0 Å². The monoisotopic (exact) mass is 584 g/mol. The lowest BCUT2D eigenvalue weighted by Gasteiger charge is -2.45. The van der Waals surface area contributed by atoms with Crippen LogP contribution in [-0.4, -0.2) is 50.5 Å². The van der Waals surface area contributed by atoms with E-state index in [1.165, 1.54) is 11.1 Å². The van der Waals surface area contributed by atoms with E-state index in [1.807, 2.05) is 12.1 Å². The summed E-state index contributed by atoms with van der Waals surface area (Å²) < 4.78 is 34.8. The molecule has 0 radical (unpaired) electrons. The van der Waals surface area contributed by atoms with Gasteiger partial charge in [-0.05, 0) is 111 Å². The Morgan fingerprint density at radius 3 is 2.75 bits per heavy atom. The zero-order valence-corrected chi connectivity index (χ0v) is 24.2. The number of hydrogen-bond acceptors (Lipinski definition) is 6. The van der Waals surface area contributed by atoms with Crippen molar-refractivity contribution in [1.82, 2.24) is 4.72 Å². The van der Waals surface area contributed by atoms with Crippen molar-refractivity contribution in [3.8, 4) is 5.75 Å². The van der Waals surface area contributed by atoms with Gasteiger partial charge in [-0.2, -0.15) is 0 Å². The second-order valence-corrected chi connectivity index (χ2v) is 15.1. The first-order chi connectivity index (χ1) is 19.2. The van der Waals surface area contributed by atoms with Crippen molar-refractivity contribution in [2.75, 3.05) is 24.6 Å². The van der Waals surface area contributed by atoms with E-state index in [4.69, 9.17) is 16.3 Å². The summed E-state index contributed by atoms with van der Waals surface area (Å²) in [5.41, 5.74) is 3.44. The first-order valence-electron chi connectivity index (χ1n) is 14.8. The van der Waals surface area contributed by atoms with Crippen LogP contribution in [-0.2, 0) is 21.9 Å². The van der Waals surface area contributed by atoms with Gasteiger partial charge in [0.15, 0.2) is 0 Å². The van der Waals surface area contributed by atoms with Crippen molar-refractivity contribution in [2.45, 2.75) is 74.6 Å². The molecule has 0 unspecified atom stereocenters. The van der Waals surface area contributed by atoms with Crippen LogP contribution < -0.4 is 14.4 Å². The summed E-state index contributed by atoms with van der Waals surface area (Å²) >= 11 is 6.38. The Bertz CT molecular complexity index is 1450. The predicted molar refractivity (Wildman–Crippen MR) is 155 cm³/mol. The van der Waals surface area contributed by atoms with Gasteiger partial charge in [-0.1, -0.05) is 24.1 Å². The highest BCUT2D eigenvalue weighted by molar-refractivity contribution is 7.91. The SMILES string of the molecule is O=C1NS(=O)(=O)[C@H]2C[C@@H]2CCC[C@H](O)[C@@H]2CC[C@H]2CN2C[C@@]3(CCCc4cc(Cl)ccc43)COc3ccc1cc32. The number of sulfonamides is 1. The minimum atomic E-state index is -3.75. The van der Waals surface area contributed by atoms with E-state index in [-0.39, 0.29) is 23.4 Å². The van der Waals surface area contributed by atoms with Gasteiger partial charge >= 0.3 is 0 Å². The van der Waals surface area contributed by atoms with Gasteiger partial charge in [0, 0.05) is 29.1 Å². The molecule has 2 saturated carbocycles. The molecule has 5 aliphatic rings. The van der Waals surface area contributed by atoms with Gasteiger partial charge in [0.25, 0.3) is 5.91 Å². The molecule has 2 N–H and O–H groups in total. The zero-order valence-electron chi connectivity index (χ0n) is 22.6. The second-order valence-electron chi connectivity index (χ2n) is 12.8. The van der Waals surface area contributed by atoms with Gasteiger partial charge in [-0.15, -0.1) is 0 Å². The van der Waals surface area contributed by atoms with E-state index in [9.17, 15) is 18.3 Å². The fourth-order valence-corrected chi connectivity index (χ4v) is 9.70. The van der Waals surface area contributed by atoms with Crippen LogP contribution in [0.15, 0.2) is 36.4 Å². The van der Waals surface area contributed by atoms with Crippen LogP contribution in [0.2, 0.25) is 5.02 Å². The average molecular weight is 585 g/mol. The van der Waals surface area contributed by atoms with Gasteiger partial charge in [-0.3, -0.25) is 4.79 Å². The number of aryl methyl sites for hydroxylation is 1. The standard InChI is InChI=1S/C31H37ClN2O5S/c32-23-8-10-25-19(13-23)4-2-12-31(25)17-34-16-22-6-9-24(22)27(35)5-1-3-20-15-29(20)40(37,38)33-30(36)21-7-11-28(39-18-31)26(34)14-21/h7-8,10-11,13-14,20,22,24,27,29,35H,1-6,9,12,15-18H2,(H,33,36)/t20-,22-,24+,27-,29-,31-/m0/s1. The Labute approximate surface area is 241 Å². The van der Waals surface area contributed by atoms with Gasteiger partial charge in [0.1, 0.15) is 5.75 Å². The molecular formula is C31H37ClN2O5S. The molecule has 214 valence electrons. The van der Waals surface area contributed by atoms with Gasteiger partial charge in [0.05, 0.1) is 23.6 Å². The predicted octanol–water partition coefficient (Wildman–Crippen LogP) is 4.83. The number of aliphatic hydroxyl groups excluding tert-OH is 1. The van der Waals surface area contributed by atoms with Crippen LogP contribution in [0, 0.1) is 17.8 Å². The number of rotatable bonds is 0. The lowest BCUT2D eigenvalue weighted by molar-refractivity contribution is 0.00891. The summed E-state index contributed by atoms with van der Waals surface area (Å²) in [6, 6.07) is 11.5. The molecular weight excluding hydrogens is 548 g/mol. The number of anilines is 1. The maximum atomic E-state index is 13.2. The quantitative estimate of drug-likeness (QED) is 0.460. The molecule has 0 aromatic heterocycles. The second kappa shape index (κ2) is 9.92. The summed E-state index contributed by atoms with van der Waals surface area (Å²) in [4.78, 5) is 15.6. The number of aliphatic hydroxyl groups is 1. The highest BCUT2D eigenvalue weighted by Gasteiger charge is 2.48. The fourth-order valence-electron chi connectivity index (χ4n) is 7.84. The average Bonchev–Trinajstić information content (AvgIpc) is 3.70. The molecule has 2 bridgehead atoms. The van der Waals surface area contributed by atoms with E-state index in [2.05, 4.69) is 21.8 Å². The third kappa shape index (κ3) is 4.70. The number of halogens is 1. The summed E-state index contributed by atoms with van der Waals surface area (Å²) in [7, 11) is -3.75. The van der Waals surface area contributed by atoms with Crippen molar-refractivity contribution in [3.05, 3.63) is 58.1 Å². The minimum Gasteiger partial charge on any atom is -0.490 e. The highest BCUT2D eigenvalue weighted by atomic mass is 35.5. The molecule has 3 aliphatic carbocycles. The van der Waals surface area contributed by atoms with Crippen LogP contribution in [0.1, 0.15) is 72.9 Å². The third-order valence-electron chi connectivity index (χ3n) is 10.3. The molecule has 6 atom stereocenters. The molecule has 40 heavy (non-hydrogen) atoms. The topological polar surface area (TPSA) is 95.9 Å². The maximum absolute atomic E-state index is 13.2. The summed E-state index contributed by atoms with van der Waals surface area (Å²) in [6.07, 6.45) is 7.55. The number of hydrogen-bond donors (Lipinski definition) is 2. The van der Waals surface area contributed by atoms with E-state index in [0.717, 1.165) is 68.7 Å². The Kier molecular flexibility index (Phi) is 6.59. The largest absolute Gasteiger partial charge is 0.490 e. The number of ether oxygens (including phenoxy) is 1. The highest BCUT2D eigenvalue weighted by Crippen LogP contribution is 2.47. The smallest absolute Gasteiger partial charge is 0.264 e. The summed E-state index contributed by atoms with van der Waals surface area (Å²) in [6.45, 7) is 2.00. The van der Waals surface area contributed by atoms with Crippen molar-refractivity contribution in [1.29, 1.82) is 0 Å². The maximum Gasteiger partial charge on any atom is 0.264 e. The summed E-state index contributed by atoms with van der Waals surface area (Å²) in [5, 5.41) is 11.4. The molecule has 2 fully saturated rings. The van der Waals surface area contributed by atoms with E-state index >= 15 is 0 Å². The number of nitrogens with one attached hydrogen (secondary N) is 1. The molecule has 1 amide bonds. The molecule has 9 heteroatoms. The molecule has 2 heterocycles. The van der Waals surface area contributed by atoms with E-state index in [0.29, 0.717) is 36.7 Å². The Balaban J connectivity index is 1.28. The van der Waals surface area contributed by atoms with Gasteiger partial charge in [-0.25, -0.2) is 13.1 Å². The Morgan fingerprint density at radius 1 is 1.05 bits per heavy atom. The lowest BCUT2D eigenvalue weighted by Crippen LogP contribution is -2.49. The van der Waals surface area contributed by atoms with Crippen molar-refractivity contribution in [2.24, 2.45) is 17.8 Å². The van der Waals surface area contributed by atoms with E-state index < -0.39 is 21.2 Å². The Morgan fingerprint density at radius 2 is 1.93 bits per heavy atom. The first-order valence-corrected chi connectivity index (χ1v) is 16.7. The minimum absolute atomic E-state index is 0.0583. The fraction of sp³-hybridized carbons (Fsp3) is 0.581. The molecule has 7 nitrogen and oxygen atoms in total. The van der Waals surface area contributed by atoms with Crippen molar-refractivity contribution >= 4 is 33.2 Å². The van der Waals surface area contributed by atoms with Crippen LogP contribution in [0.5, 0.6) is 5.75 Å². The van der Waals surface area contributed by atoms with E-state index in [1.54, 1.807) is 12.1 Å². The zero-order chi connectivity index (χ0) is 27.6. The molecule has 7 rings (SSSR count). The lowest BCUT2D eigenvalue weighted by atomic mass is 9.68. The molecule has 0 saturated heterocycles.